The average molecular weight is 365 g/mol. The number of ether oxygens (including phenoxy) is 1. The van der Waals surface area contributed by atoms with Crippen LogP contribution in [-0.4, -0.2) is 30.6 Å². The van der Waals surface area contributed by atoms with Crippen molar-refractivity contribution in [2.45, 2.75) is 19.8 Å². The second kappa shape index (κ2) is 7.53. The van der Waals surface area contributed by atoms with E-state index in [1.165, 1.54) is 7.11 Å². The number of benzene rings is 2. The van der Waals surface area contributed by atoms with Crippen LogP contribution in [0, 0.1) is 5.92 Å². The second-order valence-electron chi connectivity index (χ2n) is 6.29. The normalized spacial score (nSPS) is 13.4. The predicted octanol–water partition coefficient (Wildman–Crippen LogP) is 2.99. The van der Waals surface area contributed by atoms with Gasteiger partial charge in [-0.2, -0.15) is 0 Å². The van der Waals surface area contributed by atoms with Gasteiger partial charge in [0.25, 0.3) is 0 Å². The molecule has 27 heavy (non-hydrogen) atoms. The number of esters is 1. The number of carbonyl (C=O) groups is 4. The molecule has 0 aliphatic heterocycles. The molecule has 138 valence electrons. The minimum absolute atomic E-state index is 0.148. The fourth-order valence-electron chi connectivity index (χ4n) is 3.26. The first-order chi connectivity index (χ1) is 13.0. The molecule has 1 aliphatic rings. The van der Waals surface area contributed by atoms with E-state index in [0.717, 1.165) is 0 Å². The van der Waals surface area contributed by atoms with Gasteiger partial charge in [0.15, 0.2) is 11.6 Å². The third-order valence-corrected chi connectivity index (χ3v) is 4.59. The van der Waals surface area contributed by atoms with Crippen molar-refractivity contribution < 1.29 is 23.9 Å². The summed E-state index contributed by atoms with van der Waals surface area (Å²) in [5, 5.41) is 2.64. The van der Waals surface area contributed by atoms with E-state index < -0.39 is 17.8 Å². The van der Waals surface area contributed by atoms with Crippen LogP contribution in [0.25, 0.3) is 0 Å². The number of carbonyl (C=O) groups excluding carboxylic acids is 4. The first kappa shape index (κ1) is 18.5. The van der Waals surface area contributed by atoms with Crippen LogP contribution in [-0.2, 0) is 14.3 Å². The smallest absolute Gasteiger partial charge is 0.318 e. The van der Waals surface area contributed by atoms with E-state index in [1.807, 2.05) is 6.92 Å². The Morgan fingerprint density at radius 1 is 0.963 bits per heavy atom. The van der Waals surface area contributed by atoms with Gasteiger partial charge < -0.3 is 10.1 Å². The molecule has 0 aromatic heterocycles. The van der Waals surface area contributed by atoms with Gasteiger partial charge >= 0.3 is 5.97 Å². The fourth-order valence-corrected chi connectivity index (χ4v) is 3.26. The van der Waals surface area contributed by atoms with Gasteiger partial charge in [-0.15, -0.1) is 0 Å². The third kappa shape index (κ3) is 3.26. The topological polar surface area (TPSA) is 89.5 Å². The molecule has 0 saturated heterocycles. The maximum atomic E-state index is 12.9. The quantitative estimate of drug-likeness (QED) is 0.555. The molecule has 2 aromatic carbocycles. The summed E-state index contributed by atoms with van der Waals surface area (Å²) in [7, 11) is 1.22. The molecule has 6 nitrogen and oxygen atoms in total. The van der Waals surface area contributed by atoms with Gasteiger partial charge in [0, 0.05) is 16.7 Å². The maximum Gasteiger partial charge on any atom is 0.318 e. The molecule has 0 bridgehead atoms. The molecular weight excluding hydrogens is 346 g/mol. The van der Waals surface area contributed by atoms with Gasteiger partial charge in [-0.1, -0.05) is 49.7 Å². The van der Waals surface area contributed by atoms with Crippen LogP contribution >= 0.6 is 0 Å². The van der Waals surface area contributed by atoms with Crippen molar-refractivity contribution >= 4 is 29.1 Å². The van der Waals surface area contributed by atoms with Crippen LogP contribution in [0.15, 0.2) is 42.5 Å². The van der Waals surface area contributed by atoms with Crippen LogP contribution in [0.1, 0.15) is 51.6 Å². The number of fused-ring (bicyclic) bond motifs is 2. The second-order valence-corrected chi connectivity index (χ2v) is 6.29. The molecule has 0 spiro atoms. The molecule has 1 aliphatic carbocycles. The molecule has 2 aromatic rings. The maximum absolute atomic E-state index is 12.9. The number of rotatable bonds is 5. The van der Waals surface area contributed by atoms with E-state index in [2.05, 4.69) is 5.32 Å². The van der Waals surface area contributed by atoms with Gasteiger partial charge in [0.1, 0.15) is 5.92 Å². The number of amides is 1. The summed E-state index contributed by atoms with van der Waals surface area (Å²) in [4.78, 5) is 50.2. The number of anilines is 1. The molecule has 1 amide bonds. The Bertz CT molecular complexity index is 947. The first-order valence-corrected chi connectivity index (χ1v) is 8.69. The monoisotopic (exact) mass is 365 g/mol. The van der Waals surface area contributed by atoms with Crippen LogP contribution in [0.5, 0.6) is 0 Å². The van der Waals surface area contributed by atoms with Crippen molar-refractivity contribution in [2.24, 2.45) is 5.92 Å². The minimum atomic E-state index is -0.975. The summed E-state index contributed by atoms with van der Waals surface area (Å²) in [5.74, 6) is -2.77. The highest BCUT2D eigenvalue weighted by Crippen LogP contribution is 2.32. The highest BCUT2D eigenvalue weighted by molar-refractivity contribution is 6.30. The molecule has 0 fully saturated rings. The highest BCUT2D eigenvalue weighted by Gasteiger charge is 2.33. The Morgan fingerprint density at radius 2 is 1.59 bits per heavy atom. The largest absolute Gasteiger partial charge is 0.468 e. The summed E-state index contributed by atoms with van der Waals surface area (Å²) in [5.41, 5.74) is 1.25. The molecule has 0 saturated carbocycles. The summed E-state index contributed by atoms with van der Waals surface area (Å²) >= 11 is 0. The van der Waals surface area contributed by atoms with E-state index >= 15 is 0 Å². The fraction of sp³-hybridized carbons (Fsp3) is 0.238. The summed E-state index contributed by atoms with van der Waals surface area (Å²) < 4.78 is 4.70. The number of methoxy groups -OCH3 is 1. The van der Waals surface area contributed by atoms with Crippen LogP contribution in [0.3, 0.4) is 0 Å². The van der Waals surface area contributed by atoms with Crippen molar-refractivity contribution in [2.75, 3.05) is 12.4 Å². The van der Waals surface area contributed by atoms with Crippen molar-refractivity contribution in [3.8, 4) is 0 Å². The molecule has 1 N–H and O–H groups in total. The molecule has 0 heterocycles. The van der Waals surface area contributed by atoms with Gasteiger partial charge in [0.05, 0.1) is 18.4 Å². The van der Waals surface area contributed by atoms with Crippen molar-refractivity contribution in [1.29, 1.82) is 0 Å². The van der Waals surface area contributed by atoms with Crippen molar-refractivity contribution in [3.63, 3.8) is 0 Å². The van der Waals surface area contributed by atoms with Gasteiger partial charge in [0.2, 0.25) is 5.91 Å². The van der Waals surface area contributed by atoms with E-state index in [-0.39, 0.29) is 28.4 Å². The standard InChI is InChI=1S/C21H19NO5/c1-3-7-15(21(26)27-2)20(25)22-16-11-6-10-14-17(16)19(24)13-9-5-4-8-12(13)18(14)23/h4-6,8-11,15H,3,7H2,1-2H3,(H,22,25). The Balaban J connectivity index is 2.00. The van der Waals surface area contributed by atoms with Crippen LogP contribution < -0.4 is 5.32 Å². The number of hydrogen-bond acceptors (Lipinski definition) is 5. The summed E-state index contributed by atoms with van der Waals surface area (Å²) in [6.07, 6.45) is 0.939. The zero-order valence-corrected chi connectivity index (χ0v) is 15.1. The van der Waals surface area contributed by atoms with Crippen molar-refractivity contribution in [1.82, 2.24) is 0 Å². The van der Waals surface area contributed by atoms with Gasteiger partial charge in [-0.3, -0.25) is 19.2 Å². The third-order valence-electron chi connectivity index (χ3n) is 4.59. The Labute approximate surface area is 156 Å². The Morgan fingerprint density at radius 3 is 2.22 bits per heavy atom. The van der Waals surface area contributed by atoms with Crippen LogP contribution in [0.2, 0.25) is 0 Å². The van der Waals surface area contributed by atoms with Gasteiger partial charge in [-0.25, -0.2) is 0 Å². The van der Waals surface area contributed by atoms with E-state index in [4.69, 9.17) is 4.74 Å². The zero-order chi connectivity index (χ0) is 19.6. The lowest BCUT2D eigenvalue weighted by Crippen LogP contribution is -2.32. The van der Waals surface area contributed by atoms with E-state index in [1.54, 1.807) is 42.5 Å². The SMILES string of the molecule is CCCC(C(=O)Nc1cccc2c1C(=O)c1ccccc1C2=O)C(=O)OC. The lowest BCUT2D eigenvalue weighted by molar-refractivity contribution is -0.148. The van der Waals surface area contributed by atoms with E-state index in [9.17, 15) is 19.2 Å². The molecule has 1 unspecified atom stereocenters. The minimum Gasteiger partial charge on any atom is -0.468 e. The molecule has 0 radical (unpaired) electrons. The number of nitrogens with one attached hydrogen (secondary N) is 1. The number of ketones is 2. The number of hydrogen-bond donors (Lipinski definition) is 1. The average Bonchev–Trinajstić information content (AvgIpc) is 2.69. The molecule has 3 rings (SSSR count). The summed E-state index contributed by atoms with van der Waals surface area (Å²) in [6.45, 7) is 1.85. The lowest BCUT2D eigenvalue weighted by atomic mass is 9.83. The first-order valence-electron chi connectivity index (χ1n) is 8.69. The lowest BCUT2D eigenvalue weighted by Gasteiger charge is -2.21. The van der Waals surface area contributed by atoms with Gasteiger partial charge in [-0.05, 0) is 12.5 Å². The highest BCUT2D eigenvalue weighted by atomic mass is 16.5. The Kier molecular flexibility index (Phi) is 5.16. The van der Waals surface area contributed by atoms with Crippen LogP contribution in [0.4, 0.5) is 5.69 Å². The predicted molar refractivity (Wildman–Crippen MR) is 98.8 cm³/mol. The summed E-state index contributed by atoms with van der Waals surface area (Å²) in [6, 6.07) is 11.3. The molecule has 6 heteroatoms. The zero-order valence-electron chi connectivity index (χ0n) is 15.1. The molecular formula is C21H19NO5. The van der Waals surface area contributed by atoms with Crippen molar-refractivity contribution in [3.05, 3.63) is 64.7 Å². The molecule has 1 atom stereocenters. The van der Waals surface area contributed by atoms with E-state index in [0.29, 0.717) is 24.0 Å². The Hall–Kier alpha value is -3.28.